The summed E-state index contributed by atoms with van der Waals surface area (Å²) in [6.45, 7) is 0.413. The first-order valence-electron chi connectivity index (χ1n) is 5.85. The maximum absolute atomic E-state index is 12.3. The van der Waals surface area contributed by atoms with Crippen LogP contribution in [-0.2, 0) is 6.54 Å². The number of thiophene rings is 1. The number of hydrogen-bond donors (Lipinski definition) is 0. The highest BCUT2D eigenvalue weighted by Gasteiger charge is 2.08. The monoisotopic (exact) mass is 272 g/mol. The third kappa shape index (κ3) is 2.13. The molecule has 1 aromatic carbocycles. The summed E-state index contributed by atoms with van der Waals surface area (Å²) in [7, 11) is 1.62. The molecular formula is C14H12N2O2S. The summed E-state index contributed by atoms with van der Waals surface area (Å²) in [6.07, 6.45) is 1.72. The zero-order valence-electron chi connectivity index (χ0n) is 10.4. The van der Waals surface area contributed by atoms with Crippen LogP contribution in [0.1, 0.15) is 5.56 Å². The molecule has 4 nitrogen and oxygen atoms in total. The first-order valence-corrected chi connectivity index (χ1v) is 6.73. The van der Waals surface area contributed by atoms with Gasteiger partial charge in [0.2, 0.25) is 0 Å². The van der Waals surface area contributed by atoms with Crippen molar-refractivity contribution in [2.75, 3.05) is 7.11 Å². The molecule has 0 fully saturated rings. The number of methoxy groups -OCH3 is 1. The average Bonchev–Trinajstić information content (AvgIpc) is 2.92. The van der Waals surface area contributed by atoms with E-state index >= 15 is 0 Å². The Bertz CT molecular complexity index is 776. The van der Waals surface area contributed by atoms with Crippen LogP contribution in [0.2, 0.25) is 0 Å². The van der Waals surface area contributed by atoms with Crippen LogP contribution in [0.25, 0.3) is 10.1 Å². The Hall–Kier alpha value is -2.14. The van der Waals surface area contributed by atoms with Crippen LogP contribution < -0.4 is 10.3 Å². The van der Waals surface area contributed by atoms with Gasteiger partial charge in [-0.2, -0.15) is 5.10 Å². The molecule has 0 amide bonds. The normalized spacial score (nSPS) is 10.8. The summed E-state index contributed by atoms with van der Waals surface area (Å²) < 4.78 is 7.50. The van der Waals surface area contributed by atoms with Gasteiger partial charge in [-0.1, -0.05) is 18.2 Å². The Morgan fingerprint density at radius 2 is 2.16 bits per heavy atom. The van der Waals surface area contributed by atoms with E-state index in [-0.39, 0.29) is 5.56 Å². The van der Waals surface area contributed by atoms with Gasteiger partial charge in [-0.15, -0.1) is 11.3 Å². The van der Waals surface area contributed by atoms with Crippen LogP contribution in [0.15, 0.2) is 46.7 Å². The standard InChI is InChI=1S/C14H12N2O2S/c1-18-12-5-3-2-4-11(12)9-16-14(17)13-10(8-15-16)6-7-19-13/h2-8H,9H2,1H3. The highest BCUT2D eigenvalue weighted by atomic mass is 32.1. The van der Waals surface area contributed by atoms with Gasteiger partial charge in [0.1, 0.15) is 10.4 Å². The lowest BCUT2D eigenvalue weighted by atomic mass is 10.2. The second-order valence-electron chi connectivity index (χ2n) is 4.12. The van der Waals surface area contributed by atoms with Gasteiger partial charge in [-0.05, 0) is 17.5 Å². The van der Waals surface area contributed by atoms with Gasteiger partial charge < -0.3 is 4.74 Å². The smallest absolute Gasteiger partial charge is 0.285 e. The zero-order chi connectivity index (χ0) is 13.2. The van der Waals surface area contributed by atoms with Crippen LogP contribution in [-0.4, -0.2) is 16.9 Å². The van der Waals surface area contributed by atoms with Crippen molar-refractivity contribution in [3.63, 3.8) is 0 Å². The van der Waals surface area contributed by atoms with Crippen LogP contribution in [0, 0.1) is 0 Å². The topological polar surface area (TPSA) is 44.1 Å². The van der Waals surface area contributed by atoms with E-state index in [4.69, 9.17) is 4.74 Å². The Morgan fingerprint density at radius 1 is 1.32 bits per heavy atom. The second kappa shape index (κ2) is 4.85. The highest BCUT2D eigenvalue weighted by molar-refractivity contribution is 7.17. The maximum atomic E-state index is 12.3. The first kappa shape index (κ1) is 11.9. The number of benzene rings is 1. The van der Waals surface area contributed by atoms with Crippen molar-refractivity contribution in [1.82, 2.24) is 9.78 Å². The van der Waals surface area contributed by atoms with E-state index in [1.165, 1.54) is 16.0 Å². The van der Waals surface area contributed by atoms with E-state index in [1.807, 2.05) is 35.7 Å². The molecule has 0 spiro atoms. The molecule has 0 saturated carbocycles. The molecule has 0 aliphatic heterocycles. The number of ether oxygens (including phenoxy) is 1. The van der Waals surface area contributed by atoms with Crippen molar-refractivity contribution in [3.05, 3.63) is 57.8 Å². The lowest BCUT2D eigenvalue weighted by Gasteiger charge is -2.09. The minimum Gasteiger partial charge on any atom is -0.496 e. The molecule has 3 rings (SSSR count). The molecule has 0 N–H and O–H groups in total. The van der Waals surface area contributed by atoms with E-state index in [0.29, 0.717) is 6.54 Å². The van der Waals surface area contributed by atoms with Crippen molar-refractivity contribution in [2.24, 2.45) is 0 Å². The average molecular weight is 272 g/mol. The van der Waals surface area contributed by atoms with E-state index < -0.39 is 0 Å². The van der Waals surface area contributed by atoms with Gasteiger partial charge in [0.15, 0.2) is 0 Å². The number of hydrogen-bond acceptors (Lipinski definition) is 4. The van der Waals surface area contributed by atoms with Gasteiger partial charge in [-0.3, -0.25) is 4.79 Å². The van der Waals surface area contributed by atoms with Crippen molar-refractivity contribution in [1.29, 1.82) is 0 Å². The maximum Gasteiger partial charge on any atom is 0.285 e. The number of rotatable bonds is 3. The summed E-state index contributed by atoms with van der Waals surface area (Å²) in [6, 6.07) is 9.55. The molecule has 0 aliphatic carbocycles. The molecule has 3 aromatic rings. The predicted molar refractivity (Wildman–Crippen MR) is 76.0 cm³/mol. The zero-order valence-corrected chi connectivity index (χ0v) is 11.2. The summed E-state index contributed by atoms with van der Waals surface area (Å²) in [4.78, 5) is 12.3. The van der Waals surface area contributed by atoms with Crippen LogP contribution in [0.3, 0.4) is 0 Å². The first-order chi connectivity index (χ1) is 9.29. The van der Waals surface area contributed by atoms with Gasteiger partial charge in [-0.25, -0.2) is 4.68 Å². The summed E-state index contributed by atoms with van der Waals surface area (Å²) in [5.41, 5.74) is 0.883. The molecule has 0 unspecified atom stereocenters. The summed E-state index contributed by atoms with van der Waals surface area (Å²) in [5.74, 6) is 0.766. The largest absolute Gasteiger partial charge is 0.496 e. The molecule has 0 aliphatic rings. The molecule has 2 heterocycles. The van der Waals surface area contributed by atoms with Crippen molar-refractivity contribution in [3.8, 4) is 5.75 Å². The highest BCUT2D eigenvalue weighted by Crippen LogP contribution is 2.19. The van der Waals surface area contributed by atoms with Gasteiger partial charge >= 0.3 is 0 Å². The molecule has 0 radical (unpaired) electrons. The molecular weight excluding hydrogens is 260 g/mol. The molecule has 0 saturated heterocycles. The van der Waals surface area contributed by atoms with Gasteiger partial charge in [0.05, 0.1) is 19.9 Å². The number of aromatic nitrogens is 2. The molecule has 2 aromatic heterocycles. The molecule has 5 heteroatoms. The quantitative estimate of drug-likeness (QED) is 0.736. The Kier molecular flexibility index (Phi) is 3.05. The third-order valence-electron chi connectivity index (χ3n) is 2.97. The molecule has 0 bridgehead atoms. The Morgan fingerprint density at radius 3 is 3.00 bits per heavy atom. The molecule has 96 valence electrons. The number of nitrogens with zero attached hydrogens (tertiary/aromatic N) is 2. The van der Waals surface area contributed by atoms with Crippen molar-refractivity contribution in [2.45, 2.75) is 6.54 Å². The van der Waals surface area contributed by atoms with E-state index in [9.17, 15) is 4.79 Å². The predicted octanol–water partition coefficient (Wildman–Crippen LogP) is 2.51. The second-order valence-corrected chi connectivity index (χ2v) is 5.04. The fraction of sp³-hybridized carbons (Fsp3) is 0.143. The Labute approximate surface area is 113 Å². The molecule has 19 heavy (non-hydrogen) atoms. The minimum atomic E-state index is -0.0570. The lowest BCUT2D eigenvalue weighted by Crippen LogP contribution is -2.22. The number of para-hydroxylation sites is 1. The van der Waals surface area contributed by atoms with Crippen LogP contribution >= 0.6 is 11.3 Å². The van der Waals surface area contributed by atoms with E-state index in [2.05, 4.69) is 5.10 Å². The van der Waals surface area contributed by atoms with Crippen molar-refractivity contribution >= 4 is 21.4 Å². The molecule has 0 atom stereocenters. The Balaban J connectivity index is 2.06. The third-order valence-corrected chi connectivity index (χ3v) is 3.89. The van der Waals surface area contributed by atoms with Crippen LogP contribution in [0.4, 0.5) is 0 Å². The summed E-state index contributed by atoms with van der Waals surface area (Å²) >= 11 is 1.44. The van der Waals surface area contributed by atoms with Gasteiger partial charge in [0, 0.05) is 10.9 Å². The van der Waals surface area contributed by atoms with Crippen molar-refractivity contribution < 1.29 is 4.74 Å². The fourth-order valence-corrected chi connectivity index (χ4v) is 2.82. The van der Waals surface area contributed by atoms with Crippen LogP contribution in [0.5, 0.6) is 5.75 Å². The van der Waals surface area contributed by atoms with Gasteiger partial charge in [0.25, 0.3) is 5.56 Å². The van der Waals surface area contributed by atoms with E-state index in [0.717, 1.165) is 21.4 Å². The SMILES string of the molecule is COc1ccccc1Cn1ncc2ccsc2c1=O. The van der Waals surface area contributed by atoms with E-state index in [1.54, 1.807) is 13.3 Å². The lowest BCUT2D eigenvalue weighted by molar-refractivity contribution is 0.407. The summed E-state index contributed by atoms with van der Waals surface area (Å²) in [5, 5.41) is 7.00. The number of fused-ring (bicyclic) bond motifs is 1. The minimum absolute atomic E-state index is 0.0570. The fourth-order valence-electron chi connectivity index (χ4n) is 2.00.